The van der Waals surface area contributed by atoms with Crippen LogP contribution in [-0.2, 0) is 14.2 Å². The summed E-state index contributed by atoms with van der Waals surface area (Å²) in [7, 11) is 0. The minimum absolute atomic E-state index is 0.0945. The lowest BCUT2D eigenvalue weighted by Crippen LogP contribution is -2.37. The first-order valence-corrected chi connectivity index (χ1v) is 7.64. The Bertz CT molecular complexity index is 186. The first-order valence-electron chi connectivity index (χ1n) is 7.64. The van der Waals surface area contributed by atoms with Gasteiger partial charge in [0, 0.05) is 18.8 Å². The Balaban J connectivity index is 3.14. The number of hydrogen-bond acceptors (Lipinski definition) is 4. The maximum absolute atomic E-state index is 6.12. The van der Waals surface area contributed by atoms with Gasteiger partial charge in [-0.3, -0.25) is 0 Å². The smallest absolute Gasteiger partial charge is 0.0701 e. The van der Waals surface area contributed by atoms with Crippen molar-refractivity contribution < 1.29 is 14.2 Å². The Kier molecular flexibility index (Phi) is 12.7. The molecule has 19 heavy (non-hydrogen) atoms. The molecule has 0 radical (unpaired) electrons. The molecular formula is C15H33NO3. The van der Waals surface area contributed by atoms with Crippen molar-refractivity contribution in [1.29, 1.82) is 0 Å². The molecular weight excluding hydrogens is 242 g/mol. The monoisotopic (exact) mass is 275 g/mol. The molecule has 0 aliphatic heterocycles. The number of nitrogens with two attached hydrogens (primary N) is 1. The van der Waals surface area contributed by atoms with Crippen molar-refractivity contribution in [1.82, 2.24) is 0 Å². The van der Waals surface area contributed by atoms with E-state index in [1.165, 1.54) is 6.42 Å². The third-order valence-corrected chi connectivity index (χ3v) is 3.02. The van der Waals surface area contributed by atoms with E-state index in [4.69, 9.17) is 19.9 Å². The van der Waals surface area contributed by atoms with Crippen molar-refractivity contribution in [3.05, 3.63) is 0 Å². The van der Waals surface area contributed by atoms with E-state index in [2.05, 4.69) is 20.8 Å². The van der Waals surface area contributed by atoms with E-state index in [9.17, 15) is 0 Å². The van der Waals surface area contributed by atoms with Crippen LogP contribution in [0.4, 0.5) is 0 Å². The third-order valence-electron chi connectivity index (χ3n) is 3.02. The highest BCUT2D eigenvalue weighted by Gasteiger charge is 2.16. The summed E-state index contributed by atoms with van der Waals surface area (Å²) >= 11 is 0. The van der Waals surface area contributed by atoms with Crippen LogP contribution in [0.5, 0.6) is 0 Å². The minimum atomic E-state index is -0.0945. The molecule has 2 N–H and O–H groups in total. The maximum Gasteiger partial charge on any atom is 0.0701 e. The summed E-state index contributed by atoms with van der Waals surface area (Å²) in [5.74, 6) is 0. The van der Waals surface area contributed by atoms with Gasteiger partial charge >= 0.3 is 0 Å². The molecule has 1 unspecified atom stereocenters. The van der Waals surface area contributed by atoms with Crippen LogP contribution in [0, 0.1) is 0 Å². The molecule has 0 aliphatic carbocycles. The van der Waals surface area contributed by atoms with Crippen LogP contribution in [0.1, 0.15) is 52.9 Å². The molecule has 0 bridgehead atoms. The molecule has 1 atom stereocenters. The van der Waals surface area contributed by atoms with E-state index in [0.717, 1.165) is 32.3 Å². The van der Waals surface area contributed by atoms with Gasteiger partial charge in [-0.1, -0.05) is 26.7 Å². The molecule has 0 saturated carbocycles. The van der Waals surface area contributed by atoms with Crippen LogP contribution in [-0.4, -0.2) is 45.2 Å². The predicted octanol–water partition coefficient (Wildman–Crippen LogP) is 2.74. The van der Waals surface area contributed by atoms with Crippen LogP contribution in [0.2, 0.25) is 0 Å². The number of ether oxygens (including phenoxy) is 3. The quantitative estimate of drug-likeness (QED) is 0.495. The Morgan fingerprint density at radius 1 is 0.737 bits per heavy atom. The maximum atomic E-state index is 6.12. The third kappa shape index (κ3) is 14.1. The Hall–Kier alpha value is -0.160. The van der Waals surface area contributed by atoms with Gasteiger partial charge in [-0.15, -0.1) is 0 Å². The van der Waals surface area contributed by atoms with Crippen molar-refractivity contribution in [2.24, 2.45) is 5.73 Å². The van der Waals surface area contributed by atoms with Gasteiger partial charge in [-0.05, 0) is 26.2 Å². The Morgan fingerprint density at radius 3 is 1.79 bits per heavy atom. The molecule has 0 aromatic rings. The van der Waals surface area contributed by atoms with Gasteiger partial charge in [0.25, 0.3) is 0 Å². The molecule has 0 heterocycles. The van der Waals surface area contributed by atoms with Gasteiger partial charge in [-0.2, -0.15) is 0 Å². The molecule has 116 valence electrons. The SMILES string of the molecule is CCCCOCCOCCOCCC(C)(N)CCC. The first-order chi connectivity index (χ1) is 9.12. The highest BCUT2D eigenvalue weighted by atomic mass is 16.5. The van der Waals surface area contributed by atoms with Crippen LogP contribution >= 0.6 is 0 Å². The highest BCUT2D eigenvalue weighted by Crippen LogP contribution is 2.12. The predicted molar refractivity (Wildman–Crippen MR) is 79.5 cm³/mol. The molecule has 0 aliphatic rings. The summed E-state index contributed by atoms with van der Waals surface area (Å²) in [6.45, 7) is 10.5. The zero-order valence-corrected chi connectivity index (χ0v) is 13.1. The van der Waals surface area contributed by atoms with Crippen LogP contribution in [0.3, 0.4) is 0 Å². The van der Waals surface area contributed by atoms with Crippen molar-refractivity contribution in [3.8, 4) is 0 Å². The van der Waals surface area contributed by atoms with E-state index in [1.807, 2.05) is 0 Å². The van der Waals surface area contributed by atoms with Gasteiger partial charge in [0.05, 0.1) is 26.4 Å². The summed E-state index contributed by atoms with van der Waals surface area (Å²) < 4.78 is 16.3. The van der Waals surface area contributed by atoms with Gasteiger partial charge in [-0.25, -0.2) is 0 Å². The fourth-order valence-corrected chi connectivity index (χ4v) is 1.79. The second-order valence-corrected chi connectivity index (χ2v) is 5.34. The average molecular weight is 275 g/mol. The molecule has 0 saturated heterocycles. The van der Waals surface area contributed by atoms with Gasteiger partial charge in [0.1, 0.15) is 0 Å². The largest absolute Gasteiger partial charge is 0.379 e. The topological polar surface area (TPSA) is 53.7 Å². The first kappa shape index (κ1) is 18.8. The van der Waals surface area contributed by atoms with Crippen LogP contribution in [0.15, 0.2) is 0 Å². The lowest BCUT2D eigenvalue weighted by molar-refractivity contribution is 0.0112. The summed E-state index contributed by atoms with van der Waals surface area (Å²) in [4.78, 5) is 0. The van der Waals surface area contributed by atoms with Crippen molar-refractivity contribution in [2.45, 2.75) is 58.4 Å². The molecule has 4 nitrogen and oxygen atoms in total. The van der Waals surface area contributed by atoms with E-state index in [0.29, 0.717) is 33.0 Å². The number of rotatable bonds is 14. The van der Waals surface area contributed by atoms with Gasteiger partial charge in [0.2, 0.25) is 0 Å². The summed E-state index contributed by atoms with van der Waals surface area (Å²) in [6.07, 6.45) is 5.36. The molecule has 0 aromatic carbocycles. The molecule has 0 aromatic heterocycles. The second kappa shape index (κ2) is 12.9. The average Bonchev–Trinajstić information content (AvgIpc) is 2.36. The molecule has 0 rings (SSSR count). The summed E-state index contributed by atoms with van der Waals surface area (Å²) in [5, 5.41) is 0. The second-order valence-electron chi connectivity index (χ2n) is 5.34. The van der Waals surface area contributed by atoms with E-state index >= 15 is 0 Å². The lowest BCUT2D eigenvalue weighted by atomic mass is 9.94. The molecule has 0 spiro atoms. The molecule has 0 fully saturated rings. The van der Waals surface area contributed by atoms with E-state index in [-0.39, 0.29) is 5.54 Å². The lowest BCUT2D eigenvalue weighted by Gasteiger charge is -2.23. The van der Waals surface area contributed by atoms with Gasteiger partial charge in [0.15, 0.2) is 0 Å². The summed E-state index contributed by atoms with van der Waals surface area (Å²) in [5.41, 5.74) is 6.03. The zero-order chi connectivity index (χ0) is 14.4. The standard InChI is InChI=1S/C15H33NO3/c1-4-6-9-17-11-13-19-14-12-18-10-8-15(3,16)7-5-2/h4-14,16H2,1-3H3. The van der Waals surface area contributed by atoms with E-state index < -0.39 is 0 Å². The number of unbranched alkanes of at least 4 members (excludes halogenated alkanes) is 1. The van der Waals surface area contributed by atoms with E-state index in [1.54, 1.807) is 0 Å². The Morgan fingerprint density at radius 2 is 1.26 bits per heavy atom. The van der Waals surface area contributed by atoms with Crippen molar-refractivity contribution >= 4 is 0 Å². The molecule has 4 heteroatoms. The minimum Gasteiger partial charge on any atom is -0.379 e. The fourth-order valence-electron chi connectivity index (χ4n) is 1.79. The highest BCUT2D eigenvalue weighted by molar-refractivity contribution is 4.77. The normalized spacial score (nSPS) is 14.5. The van der Waals surface area contributed by atoms with Crippen LogP contribution < -0.4 is 5.73 Å². The van der Waals surface area contributed by atoms with Crippen LogP contribution in [0.25, 0.3) is 0 Å². The van der Waals surface area contributed by atoms with Gasteiger partial charge < -0.3 is 19.9 Å². The number of hydrogen-bond donors (Lipinski definition) is 1. The van der Waals surface area contributed by atoms with Crippen molar-refractivity contribution in [2.75, 3.05) is 39.6 Å². The van der Waals surface area contributed by atoms with Crippen molar-refractivity contribution in [3.63, 3.8) is 0 Å². The fraction of sp³-hybridized carbons (Fsp3) is 1.00. The Labute approximate surface area is 119 Å². The zero-order valence-electron chi connectivity index (χ0n) is 13.1. The molecule has 0 amide bonds. The summed E-state index contributed by atoms with van der Waals surface area (Å²) in [6, 6.07) is 0.